The number of rotatable bonds is 9. The van der Waals surface area contributed by atoms with Gasteiger partial charge in [0.05, 0.1) is 52.0 Å². The molecule has 1 aliphatic rings. The molecule has 0 amide bonds. The van der Waals surface area contributed by atoms with Crippen LogP contribution < -0.4 is 4.74 Å². The summed E-state index contributed by atoms with van der Waals surface area (Å²) < 4.78 is 35.0. The number of aryl methyl sites for hydroxylation is 1. The number of benzene rings is 2. The van der Waals surface area contributed by atoms with E-state index in [0.29, 0.717) is 47.2 Å². The lowest BCUT2D eigenvalue weighted by molar-refractivity contribution is -0.0589. The number of fused-ring (bicyclic) bond motifs is 1. The monoisotopic (exact) mass is 636 g/mol. The van der Waals surface area contributed by atoms with Crippen LogP contribution in [0.25, 0.3) is 22.3 Å². The largest absolute Gasteiger partial charge is 0.470 e. The lowest BCUT2D eigenvalue weighted by atomic mass is 9.99. The minimum Gasteiger partial charge on any atom is -0.470 e. The lowest BCUT2D eigenvalue weighted by Crippen LogP contribution is -2.31. The van der Waals surface area contributed by atoms with Gasteiger partial charge >= 0.3 is 5.97 Å². The molecule has 0 spiro atoms. The van der Waals surface area contributed by atoms with Crippen molar-refractivity contribution in [2.75, 3.05) is 13.7 Å². The molecule has 0 bridgehead atoms. The first-order chi connectivity index (χ1) is 19.9. The topological polar surface area (TPSA) is 88.4 Å². The minimum absolute atomic E-state index is 0.0552. The Morgan fingerprint density at radius 2 is 2.07 bits per heavy atom. The average molecular weight is 638 g/mol. The number of hydrogen-bond donors (Lipinski definition) is 0. The molecule has 0 aliphatic carbocycles. The van der Waals surface area contributed by atoms with Crippen LogP contribution in [0.4, 0.5) is 4.39 Å². The van der Waals surface area contributed by atoms with Crippen LogP contribution in [0.1, 0.15) is 38.7 Å². The van der Waals surface area contributed by atoms with Crippen molar-refractivity contribution < 1.29 is 23.4 Å². The number of thiazole rings is 1. The standard InChI is InChI=1S/C30H26BrFN4O4S/c1-17-10-19(22(32)13-21(17)23-4-3-5-28(35-23)40-16-29-33-14-26(31)41-29)12-27-34-24-7-6-18(30(37)38-2)11-25(24)36(27)15-20-8-9-39-20/h3-7,10-11,13-14,20H,8-9,12,15-16H2,1-2H3/t20-/m0/s1. The zero-order valence-corrected chi connectivity index (χ0v) is 24.8. The number of ether oxygens (including phenoxy) is 3. The Bertz CT molecular complexity index is 1750. The SMILES string of the molecule is COC(=O)c1ccc2nc(Cc3cc(C)c(-c4cccc(OCc5ncc(Br)s5)n4)cc3F)n(C[C@@H]3CCO3)c2c1. The molecule has 1 aliphatic heterocycles. The molecule has 5 aromatic rings. The van der Waals surface area contributed by atoms with Gasteiger partial charge in [0.1, 0.15) is 23.3 Å². The van der Waals surface area contributed by atoms with Crippen LogP contribution in [0.3, 0.4) is 0 Å². The number of hydrogen-bond acceptors (Lipinski definition) is 8. The third-order valence-electron chi connectivity index (χ3n) is 7.04. The molecule has 41 heavy (non-hydrogen) atoms. The zero-order chi connectivity index (χ0) is 28.5. The Labute approximate surface area is 248 Å². The van der Waals surface area contributed by atoms with Crippen molar-refractivity contribution in [2.45, 2.75) is 39.0 Å². The highest BCUT2D eigenvalue weighted by molar-refractivity contribution is 9.11. The molecule has 1 saturated heterocycles. The smallest absolute Gasteiger partial charge is 0.337 e. The zero-order valence-electron chi connectivity index (χ0n) is 22.4. The summed E-state index contributed by atoms with van der Waals surface area (Å²) >= 11 is 4.90. The van der Waals surface area contributed by atoms with Crippen LogP contribution in [-0.2, 0) is 29.0 Å². The second-order valence-electron chi connectivity index (χ2n) is 9.76. The molecule has 0 radical (unpaired) electrons. The van der Waals surface area contributed by atoms with Crippen molar-refractivity contribution >= 4 is 44.3 Å². The summed E-state index contributed by atoms with van der Waals surface area (Å²) in [6.45, 7) is 3.53. The highest BCUT2D eigenvalue weighted by Gasteiger charge is 2.23. The van der Waals surface area contributed by atoms with E-state index in [1.165, 1.54) is 24.5 Å². The molecule has 0 unspecified atom stereocenters. The number of imidazole rings is 1. The molecule has 0 N–H and O–H groups in total. The number of carbonyl (C=O) groups excluding carboxylic acids is 1. The Morgan fingerprint density at radius 3 is 2.80 bits per heavy atom. The van der Waals surface area contributed by atoms with Gasteiger partial charge in [0.25, 0.3) is 0 Å². The molecule has 4 heterocycles. The van der Waals surface area contributed by atoms with Gasteiger partial charge in [0.15, 0.2) is 0 Å². The van der Waals surface area contributed by atoms with Gasteiger partial charge in [-0.05, 0) is 70.7 Å². The van der Waals surface area contributed by atoms with Gasteiger partial charge in [0, 0.05) is 24.7 Å². The molecule has 1 fully saturated rings. The maximum Gasteiger partial charge on any atom is 0.337 e. The van der Waals surface area contributed by atoms with E-state index in [0.717, 1.165) is 38.4 Å². The molecule has 6 rings (SSSR count). The van der Waals surface area contributed by atoms with Gasteiger partial charge in [-0.2, -0.15) is 0 Å². The Kier molecular flexibility index (Phi) is 7.83. The van der Waals surface area contributed by atoms with Gasteiger partial charge in [-0.1, -0.05) is 12.1 Å². The van der Waals surface area contributed by atoms with Crippen molar-refractivity contribution in [1.82, 2.24) is 19.5 Å². The molecule has 2 aromatic carbocycles. The number of methoxy groups -OCH3 is 1. The molecule has 210 valence electrons. The van der Waals surface area contributed by atoms with Gasteiger partial charge in [-0.3, -0.25) is 0 Å². The van der Waals surface area contributed by atoms with E-state index >= 15 is 4.39 Å². The fraction of sp³-hybridized carbons (Fsp3) is 0.267. The lowest BCUT2D eigenvalue weighted by Gasteiger charge is -2.27. The molecule has 11 heteroatoms. The number of aromatic nitrogens is 4. The Balaban J connectivity index is 1.28. The van der Waals surface area contributed by atoms with Crippen LogP contribution in [0, 0.1) is 12.7 Å². The summed E-state index contributed by atoms with van der Waals surface area (Å²) in [6.07, 6.45) is 3.01. The van der Waals surface area contributed by atoms with E-state index in [4.69, 9.17) is 19.2 Å². The summed E-state index contributed by atoms with van der Waals surface area (Å²) in [6, 6.07) is 14.1. The van der Waals surface area contributed by atoms with Crippen LogP contribution in [0.2, 0.25) is 0 Å². The minimum atomic E-state index is -0.419. The van der Waals surface area contributed by atoms with Crippen LogP contribution in [0.15, 0.2) is 58.5 Å². The average Bonchev–Trinajstić information content (AvgIpc) is 3.52. The second kappa shape index (κ2) is 11.7. The van der Waals surface area contributed by atoms with E-state index in [2.05, 4.69) is 25.9 Å². The predicted molar refractivity (Wildman–Crippen MR) is 157 cm³/mol. The highest BCUT2D eigenvalue weighted by atomic mass is 79.9. The van der Waals surface area contributed by atoms with Gasteiger partial charge in [-0.15, -0.1) is 11.3 Å². The predicted octanol–water partition coefficient (Wildman–Crippen LogP) is 6.51. The molecule has 8 nitrogen and oxygen atoms in total. The summed E-state index contributed by atoms with van der Waals surface area (Å²) in [5.41, 5.74) is 4.67. The van der Waals surface area contributed by atoms with E-state index in [1.807, 2.05) is 29.7 Å². The van der Waals surface area contributed by atoms with Gasteiger partial charge in [0.2, 0.25) is 5.88 Å². The van der Waals surface area contributed by atoms with E-state index in [-0.39, 0.29) is 18.3 Å². The summed E-state index contributed by atoms with van der Waals surface area (Å²) in [5, 5.41) is 0.826. The molecule has 0 saturated carbocycles. The van der Waals surface area contributed by atoms with Crippen molar-refractivity contribution in [3.8, 4) is 17.1 Å². The number of esters is 1. The summed E-state index contributed by atoms with van der Waals surface area (Å²) in [5.74, 6) is 0.375. The number of nitrogens with zero attached hydrogens (tertiary/aromatic N) is 4. The van der Waals surface area contributed by atoms with E-state index in [9.17, 15) is 4.79 Å². The number of carbonyl (C=O) groups is 1. The van der Waals surface area contributed by atoms with E-state index < -0.39 is 5.97 Å². The van der Waals surface area contributed by atoms with Gasteiger partial charge < -0.3 is 18.8 Å². The number of pyridine rings is 1. The number of halogens is 2. The first kappa shape index (κ1) is 27.5. The fourth-order valence-corrected chi connectivity index (χ4v) is 6.06. The maximum absolute atomic E-state index is 15.6. The maximum atomic E-state index is 15.6. The van der Waals surface area contributed by atoms with Crippen molar-refractivity contribution in [3.63, 3.8) is 0 Å². The molecule has 1 atom stereocenters. The van der Waals surface area contributed by atoms with Crippen LogP contribution in [-0.4, -0.2) is 45.3 Å². The van der Waals surface area contributed by atoms with Crippen LogP contribution >= 0.6 is 27.3 Å². The summed E-state index contributed by atoms with van der Waals surface area (Å²) in [4.78, 5) is 25.9. The Hall–Kier alpha value is -3.67. The van der Waals surface area contributed by atoms with Crippen molar-refractivity contribution in [2.24, 2.45) is 0 Å². The second-order valence-corrected chi connectivity index (χ2v) is 12.3. The first-order valence-corrected chi connectivity index (χ1v) is 14.7. The van der Waals surface area contributed by atoms with E-state index in [1.54, 1.807) is 30.5 Å². The Morgan fingerprint density at radius 1 is 1.22 bits per heavy atom. The van der Waals surface area contributed by atoms with Crippen molar-refractivity contribution in [1.29, 1.82) is 0 Å². The molecule has 3 aromatic heterocycles. The van der Waals surface area contributed by atoms with Gasteiger partial charge in [-0.25, -0.2) is 24.1 Å². The molecular weight excluding hydrogens is 611 g/mol. The van der Waals surface area contributed by atoms with Crippen molar-refractivity contribution in [3.05, 3.63) is 91.9 Å². The first-order valence-electron chi connectivity index (χ1n) is 13.1. The highest BCUT2D eigenvalue weighted by Crippen LogP contribution is 2.30. The van der Waals surface area contributed by atoms with Crippen LogP contribution in [0.5, 0.6) is 5.88 Å². The molecular formula is C30H26BrFN4O4S. The quantitative estimate of drug-likeness (QED) is 0.170. The summed E-state index contributed by atoms with van der Waals surface area (Å²) in [7, 11) is 1.35. The third-order valence-corrected chi connectivity index (χ3v) is 8.49. The third kappa shape index (κ3) is 5.88. The normalized spacial score (nSPS) is 14.7. The fourth-order valence-electron chi connectivity index (χ4n) is 4.85.